The van der Waals surface area contributed by atoms with Crippen LogP contribution in [0, 0.1) is 5.82 Å². The Balaban J connectivity index is 2.35. The number of rotatable bonds is 3. The number of hydrogen-bond donors (Lipinski definition) is 0. The fraction of sp³-hybridized carbons (Fsp3) is 0.308. The normalized spacial score (nSPS) is 14.6. The molecule has 1 aromatic carbocycles. The molecule has 0 heterocycles. The van der Waals surface area contributed by atoms with Gasteiger partial charge in [0.25, 0.3) is 5.91 Å². The number of nitrogens with zero attached hydrogens (tertiary/aromatic N) is 1. The second-order valence-electron chi connectivity index (χ2n) is 4.05. The van der Waals surface area contributed by atoms with E-state index in [0.29, 0.717) is 17.2 Å². The molecule has 84 valence electrons. The lowest BCUT2D eigenvalue weighted by Crippen LogP contribution is -2.29. The summed E-state index contributed by atoms with van der Waals surface area (Å²) in [4.78, 5) is 13.8. The molecule has 1 amide bonds. The lowest BCUT2D eigenvalue weighted by molar-refractivity contribution is 0.0784. The second kappa shape index (κ2) is 4.08. The summed E-state index contributed by atoms with van der Waals surface area (Å²) in [5, 5.41) is 0. The summed E-state index contributed by atoms with van der Waals surface area (Å²) in [6.45, 7) is 3.54. The lowest BCUT2D eigenvalue weighted by Gasteiger charge is -2.17. The lowest BCUT2D eigenvalue weighted by atomic mass is 10.1. The molecule has 1 aromatic rings. The van der Waals surface area contributed by atoms with Crippen molar-refractivity contribution in [2.75, 3.05) is 7.05 Å². The van der Waals surface area contributed by atoms with Crippen molar-refractivity contribution in [3.63, 3.8) is 0 Å². The van der Waals surface area contributed by atoms with E-state index >= 15 is 0 Å². The number of amides is 1. The molecule has 16 heavy (non-hydrogen) atoms. The van der Waals surface area contributed by atoms with Crippen LogP contribution < -0.4 is 0 Å². The quantitative estimate of drug-likeness (QED) is 0.765. The summed E-state index contributed by atoms with van der Waals surface area (Å²) in [5.74, 6) is -0.526. The zero-order chi connectivity index (χ0) is 11.7. The Morgan fingerprint density at radius 1 is 1.56 bits per heavy atom. The molecule has 0 spiro atoms. The second-order valence-corrected chi connectivity index (χ2v) is 4.05. The molecule has 0 N–H and O–H groups in total. The van der Waals surface area contributed by atoms with Gasteiger partial charge in [0, 0.05) is 24.2 Å². The van der Waals surface area contributed by atoms with E-state index in [9.17, 15) is 9.18 Å². The number of halogens is 1. The Kier molecular flexibility index (Phi) is 2.77. The molecular formula is C13H14FNO. The van der Waals surface area contributed by atoms with E-state index in [1.807, 2.05) is 0 Å². The van der Waals surface area contributed by atoms with Crippen molar-refractivity contribution in [2.24, 2.45) is 0 Å². The molecule has 0 aromatic heterocycles. The third kappa shape index (κ3) is 1.85. The minimum atomic E-state index is -0.398. The van der Waals surface area contributed by atoms with Gasteiger partial charge in [0.15, 0.2) is 0 Å². The van der Waals surface area contributed by atoms with Crippen LogP contribution in [0.2, 0.25) is 0 Å². The van der Waals surface area contributed by atoms with Gasteiger partial charge < -0.3 is 4.90 Å². The van der Waals surface area contributed by atoms with Gasteiger partial charge in [0.2, 0.25) is 0 Å². The third-order valence-corrected chi connectivity index (χ3v) is 2.90. The minimum Gasteiger partial charge on any atom is -0.339 e. The first kappa shape index (κ1) is 10.9. The Morgan fingerprint density at radius 2 is 2.25 bits per heavy atom. The first-order chi connectivity index (χ1) is 7.65. The molecule has 0 atom stereocenters. The van der Waals surface area contributed by atoms with Crippen LogP contribution in [-0.4, -0.2) is 23.9 Å². The van der Waals surface area contributed by atoms with E-state index in [2.05, 4.69) is 6.58 Å². The van der Waals surface area contributed by atoms with Gasteiger partial charge in [-0.2, -0.15) is 0 Å². The average molecular weight is 219 g/mol. The highest BCUT2D eigenvalue weighted by Gasteiger charge is 2.30. The molecule has 1 aliphatic rings. The maximum absolute atomic E-state index is 13.4. The number of hydrogen-bond acceptors (Lipinski definition) is 1. The first-order valence-corrected chi connectivity index (χ1v) is 5.33. The Hall–Kier alpha value is -1.64. The monoisotopic (exact) mass is 219 g/mol. The van der Waals surface area contributed by atoms with Crippen LogP contribution in [0.25, 0.3) is 6.08 Å². The standard InChI is InChI=1S/C13H14FNO/c1-3-10-11(5-4-6-12(10)14)13(16)15(2)9-7-8-9/h3-6,9H,1,7-8H2,2H3. The molecular weight excluding hydrogens is 205 g/mol. The van der Waals surface area contributed by atoms with Gasteiger partial charge in [-0.05, 0) is 25.0 Å². The van der Waals surface area contributed by atoms with E-state index in [1.54, 1.807) is 24.1 Å². The van der Waals surface area contributed by atoms with Crippen molar-refractivity contribution in [1.29, 1.82) is 0 Å². The smallest absolute Gasteiger partial charge is 0.254 e. The molecule has 0 aliphatic heterocycles. The highest BCUT2D eigenvalue weighted by molar-refractivity contribution is 5.98. The van der Waals surface area contributed by atoms with Crippen LogP contribution in [0.15, 0.2) is 24.8 Å². The van der Waals surface area contributed by atoms with Gasteiger partial charge in [0.05, 0.1) is 0 Å². The van der Waals surface area contributed by atoms with Gasteiger partial charge >= 0.3 is 0 Å². The summed E-state index contributed by atoms with van der Waals surface area (Å²) in [6.07, 6.45) is 3.48. The molecule has 1 fully saturated rings. The van der Waals surface area contributed by atoms with Crippen LogP contribution in [0.4, 0.5) is 4.39 Å². The zero-order valence-electron chi connectivity index (χ0n) is 9.24. The van der Waals surface area contributed by atoms with Crippen molar-refractivity contribution in [2.45, 2.75) is 18.9 Å². The van der Waals surface area contributed by atoms with Crippen molar-refractivity contribution in [1.82, 2.24) is 4.90 Å². The number of carbonyl (C=O) groups excluding carboxylic acids is 1. The molecule has 0 radical (unpaired) electrons. The fourth-order valence-corrected chi connectivity index (χ4v) is 1.75. The molecule has 2 rings (SSSR count). The van der Waals surface area contributed by atoms with Crippen LogP contribution in [0.5, 0.6) is 0 Å². The maximum Gasteiger partial charge on any atom is 0.254 e. The van der Waals surface area contributed by atoms with Gasteiger partial charge in [0.1, 0.15) is 5.82 Å². The van der Waals surface area contributed by atoms with Crippen molar-refractivity contribution >= 4 is 12.0 Å². The summed E-state index contributed by atoms with van der Waals surface area (Å²) in [7, 11) is 1.76. The van der Waals surface area contributed by atoms with E-state index in [4.69, 9.17) is 0 Å². The molecule has 0 unspecified atom stereocenters. The van der Waals surface area contributed by atoms with Gasteiger partial charge in [-0.3, -0.25) is 4.79 Å². The highest BCUT2D eigenvalue weighted by atomic mass is 19.1. The van der Waals surface area contributed by atoms with E-state index in [-0.39, 0.29) is 5.91 Å². The maximum atomic E-state index is 13.4. The number of carbonyl (C=O) groups is 1. The van der Waals surface area contributed by atoms with Gasteiger partial charge in [-0.1, -0.05) is 18.7 Å². The molecule has 0 saturated heterocycles. The van der Waals surface area contributed by atoms with E-state index in [0.717, 1.165) is 12.8 Å². The third-order valence-electron chi connectivity index (χ3n) is 2.90. The van der Waals surface area contributed by atoms with Crippen molar-refractivity contribution in [3.05, 3.63) is 41.7 Å². The predicted octanol–water partition coefficient (Wildman–Crippen LogP) is 2.70. The van der Waals surface area contributed by atoms with E-state index in [1.165, 1.54) is 12.1 Å². The van der Waals surface area contributed by atoms with E-state index < -0.39 is 5.82 Å². The largest absolute Gasteiger partial charge is 0.339 e. The predicted molar refractivity (Wildman–Crippen MR) is 61.6 cm³/mol. The van der Waals surface area contributed by atoms with Gasteiger partial charge in [-0.25, -0.2) is 4.39 Å². The topological polar surface area (TPSA) is 20.3 Å². The summed E-state index contributed by atoms with van der Waals surface area (Å²) in [6, 6.07) is 4.86. The molecule has 0 bridgehead atoms. The molecule has 2 nitrogen and oxygen atoms in total. The fourth-order valence-electron chi connectivity index (χ4n) is 1.75. The summed E-state index contributed by atoms with van der Waals surface area (Å²) >= 11 is 0. The van der Waals surface area contributed by atoms with Crippen LogP contribution in [-0.2, 0) is 0 Å². The number of benzene rings is 1. The first-order valence-electron chi connectivity index (χ1n) is 5.33. The van der Waals surface area contributed by atoms with Crippen molar-refractivity contribution in [3.8, 4) is 0 Å². The Bertz CT molecular complexity index is 438. The van der Waals surface area contributed by atoms with Crippen LogP contribution >= 0.6 is 0 Å². The summed E-state index contributed by atoms with van der Waals surface area (Å²) < 4.78 is 13.4. The SMILES string of the molecule is C=Cc1c(F)cccc1C(=O)N(C)C1CC1. The van der Waals surface area contributed by atoms with Crippen LogP contribution in [0.1, 0.15) is 28.8 Å². The Morgan fingerprint density at radius 3 is 2.81 bits per heavy atom. The Labute approximate surface area is 94.4 Å². The highest BCUT2D eigenvalue weighted by Crippen LogP contribution is 2.27. The van der Waals surface area contributed by atoms with Crippen molar-refractivity contribution < 1.29 is 9.18 Å². The zero-order valence-corrected chi connectivity index (χ0v) is 9.24. The van der Waals surface area contributed by atoms with Gasteiger partial charge in [-0.15, -0.1) is 0 Å². The molecule has 3 heteroatoms. The minimum absolute atomic E-state index is 0.128. The average Bonchev–Trinajstić information content (AvgIpc) is 3.10. The molecule has 1 aliphatic carbocycles. The van der Waals surface area contributed by atoms with Crippen LogP contribution in [0.3, 0.4) is 0 Å². The summed E-state index contributed by atoms with van der Waals surface area (Å²) in [5.41, 5.74) is 0.685. The molecule has 1 saturated carbocycles.